The summed E-state index contributed by atoms with van der Waals surface area (Å²) in [5, 5.41) is 0. The van der Waals surface area contributed by atoms with Gasteiger partial charge in [0.05, 0.1) is 0 Å². The fraction of sp³-hybridized carbons (Fsp3) is 0.444. The fourth-order valence-electron chi connectivity index (χ4n) is 3.97. The summed E-state index contributed by atoms with van der Waals surface area (Å²) in [4.78, 5) is 0. The topological polar surface area (TPSA) is 0 Å². The first-order valence-electron chi connectivity index (χ1n) is 14.3. The first-order valence-corrected chi connectivity index (χ1v) is 14.3. The average molecular weight is 809 g/mol. The Hall–Kier alpha value is 0.326. The van der Waals surface area contributed by atoms with Gasteiger partial charge in [-0.05, 0) is 0 Å². The molecule has 0 aliphatic rings. The smallest absolute Gasteiger partial charge is 1.00 e. The van der Waals surface area contributed by atoms with Crippen molar-refractivity contribution in [3.05, 3.63) is 119 Å². The Balaban J connectivity index is -0.0000000982. The van der Waals surface area contributed by atoms with Gasteiger partial charge < -0.3 is 49.6 Å². The molecule has 0 atom stereocenters. The Bertz CT molecular complexity index is 833. The molecule has 0 aromatic heterocycles. The molecule has 0 N–H and O–H groups in total. The first kappa shape index (κ1) is 54.8. The van der Waals surface area contributed by atoms with Crippen molar-refractivity contribution in [3.8, 4) is 0 Å². The summed E-state index contributed by atoms with van der Waals surface area (Å²) in [5.74, 6) is 1.57. The third-order valence-electron chi connectivity index (χ3n) is 5.85. The van der Waals surface area contributed by atoms with Crippen LogP contribution in [-0.4, -0.2) is 0 Å². The van der Waals surface area contributed by atoms with Crippen LogP contribution in [0.2, 0.25) is 0 Å². The number of rotatable bonds is 10. The zero-order valence-corrected chi connectivity index (χ0v) is 34.5. The summed E-state index contributed by atoms with van der Waals surface area (Å²) in [5.41, 5.74) is 5.89. The van der Waals surface area contributed by atoms with Gasteiger partial charge in [0, 0.05) is 0 Å². The van der Waals surface area contributed by atoms with Gasteiger partial charge in [0.2, 0.25) is 0 Å². The predicted molar refractivity (Wildman–Crippen MR) is 162 cm³/mol. The van der Waals surface area contributed by atoms with Crippen LogP contribution in [0.3, 0.4) is 0 Å². The molecule has 232 valence electrons. The molecule has 0 bridgehead atoms. The molecule has 0 saturated carbocycles. The van der Waals surface area contributed by atoms with Gasteiger partial charge in [0.15, 0.2) is 0 Å². The van der Waals surface area contributed by atoms with Crippen molar-refractivity contribution < 1.29 is 102 Å². The van der Waals surface area contributed by atoms with Crippen LogP contribution in [0, 0.1) is 11.8 Å². The van der Waals surface area contributed by atoms with Crippen LogP contribution in [0.25, 0.3) is 0 Å². The van der Waals surface area contributed by atoms with Crippen LogP contribution in [0.5, 0.6) is 0 Å². The minimum Gasteiger partial charge on any atom is -1.00 e. The molecular weight excluding hydrogens is 757 g/mol. The largest absolute Gasteiger partial charge is 4.00 e. The second-order valence-electron chi connectivity index (χ2n) is 10.6. The number of halogens is 4. The molecule has 0 heterocycles. The number of unbranched alkanes of at least 4 members (excludes halogenated alkanes) is 2. The van der Waals surface area contributed by atoms with Gasteiger partial charge in [-0.25, -0.2) is 48.5 Å². The molecule has 0 aliphatic carbocycles. The second-order valence-corrected chi connectivity index (χ2v) is 10.6. The van der Waals surface area contributed by atoms with E-state index < -0.39 is 0 Å². The van der Waals surface area contributed by atoms with Crippen LogP contribution in [0.1, 0.15) is 89.5 Å². The zero-order chi connectivity index (χ0) is 26.4. The molecule has 0 saturated heterocycles. The second kappa shape index (κ2) is 37.5. The van der Waals surface area contributed by atoms with Gasteiger partial charge in [-0.3, -0.25) is 0 Å². The van der Waals surface area contributed by atoms with E-state index in [9.17, 15) is 0 Å². The Morgan fingerprint density at radius 2 is 0.619 bits per heavy atom. The van der Waals surface area contributed by atoms with Crippen molar-refractivity contribution in [3.63, 3.8) is 0 Å². The van der Waals surface area contributed by atoms with Gasteiger partial charge in [-0.1, -0.05) is 105 Å². The minimum absolute atomic E-state index is 0. The summed E-state index contributed by atoms with van der Waals surface area (Å²) in [6.45, 7) is 13.4. The van der Waals surface area contributed by atoms with Crippen LogP contribution in [-0.2, 0) is 78.1 Å². The third-order valence-corrected chi connectivity index (χ3v) is 5.85. The Kier molecular flexibility index (Phi) is 48.9. The van der Waals surface area contributed by atoms with Gasteiger partial charge in [0.1, 0.15) is 0 Å². The Morgan fingerprint density at radius 1 is 0.405 bits per heavy atom. The summed E-state index contributed by atoms with van der Waals surface area (Å²) >= 11 is 0. The standard InChI is InChI=1S/4C9H13.4ClH.2Zr/c2*1-8(2)7-9-5-3-4-6-9;2*1-2-3-6-9-7-4-5-8-9;;;;;;/h2*3-6,8H,7H2,1-2H3;2*4-5,7-8H,2-3,6H2,1H3;4*1H;;/q4*-1;;;;;2*+4/p-4. The maximum Gasteiger partial charge on any atom is 4.00 e. The van der Waals surface area contributed by atoms with Crippen molar-refractivity contribution in [2.45, 2.75) is 92.9 Å². The van der Waals surface area contributed by atoms with E-state index >= 15 is 0 Å². The van der Waals surface area contributed by atoms with Crippen molar-refractivity contribution in [1.29, 1.82) is 0 Å². The normalized spacial score (nSPS) is 8.76. The minimum atomic E-state index is 0. The molecule has 0 aliphatic heterocycles. The number of aryl methyl sites for hydroxylation is 2. The summed E-state index contributed by atoms with van der Waals surface area (Å²) in [6.07, 6.45) is 10.2. The van der Waals surface area contributed by atoms with Crippen LogP contribution < -0.4 is 49.6 Å². The van der Waals surface area contributed by atoms with Gasteiger partial charge in [-0.15, -0.1) is 0 Å². The van der Waals surface area contributed by atoms with Crippen molar-refractivity contribution in [2.24, 2.45) is 11.8 Å². The van der Waals surface area contributed by atoms with E-state index in [1.54, 1.807) is 0 Å². The summed E-state index contributed by atoms with van der Waals surface area (Å²) in [6, 6.07) is 34.3. The SMILES string of the molecule is CC(C)C[c-]1cccc1.CC(C)C[c-]1cccc1.CCCC[c-]1cccc1.CCCC[c-]1cccc1.[Cl-].[Cl-].[Cl-].[Cl-].[Zr+4].[Zr+4]. The molecule has 4 aromatic rings. The predicted octanol–water partition coefficient (Wildman–Crippen LogP) is -1.28. The van der Waals surface area contributed by atoms with E-state index in [1.807, 2.05) is 0 Å². The molecule has 0 spiro atoms. The Labute approximate surface area is 323 Å². The maximum atomic E-state index is 2.24. The third kappa shape index (κ3) is 31.7. The molecule has 0 amide bonds. The molecule has 0 nitrogen and oxygen atoms in total. The van der Waals surface area contributed by atoms with E-state index in [0.29, 0.717) is 0 Å². The Morgan fingerprint density at radius 3 is 0.810 bits per heavy atom. The van der Waals surface area contributed by atoms with E-state index in [1.165, 1.54) is 73.6 Å². The molecule has 4 aromatic carbocycles. The summed E-state index contributed by atoms with van der Waals surface area (Å²) in [7, 11) is 0. The summed E-state index contributed by atoms with van der Waals surface area (Å²) < 4.78 is 0. The van der Waals surface area contributed by atoms with E-state index in [4.69, 9.17) is 0 Å². The molecule has 4 rings (SSSR count). The number of hydrogen-bond acceptors (Lipinski definition) is 0. The van der Waals surface area contributed by atoms with Crippen molar-refractivity contribution in [2.75, 3.05) is 0 Å². The van der Waals surface area contributed by atoms with E-state index in [2.05, 4.69) is 139 Å². The van der Waals surface area contributed by atoms with Gasteiger partial charge in [-0.2, -0.15) is 70.8 Å². The van der Waals surface area contributed by atoms with Crippen molar-refractivity contribution >= 4 is 0 Å². The fourth-order valence-corrected chi connectivity index (χ4v) is 3.97. The molecule has 0 fully saturated rings. The van der Waals surface area contributed by atoms with Gasteiger partial charge >= 0.3 is 52.4 Å². The molecule has 0 radical (unpaired) electrons. The molecule has 6 heteroatoms. The van der Waals surface area contributed by atoms with E-state index in [-0.39, 0.29) is 102 Å². The molecule has 0 unspecified atom stereocenters. The van der Waals surface area contributed by atoms with Crippen LogP contribution >= 0.6 is 0 Å². The molecule has 42 heavy (non-hydrogen) atoms. The maximum absolute atomic E-state index is 2.24. The van der Waals surface area contributed by atoms with E-state index in [0.717, 1.165) is 11.8 Å². The molecular formula is C36H52Cl4Zr2. The van der Waals surface area contributed by atoms with Crippen LogP contribution in [0.4, 0.5) is 0 Å². The van der Waals surface area contributed by atoms with Gasteiger partial charge in [0.25, 0.3) is 0 Å². The average Bonchev–Trinajstić information content (AvgIpc) is 3.66. The number of hydrogen-bond donors (Lipinski definition) is 0. The monoisotopic (exact) mass is 804 g/mol. The van der Waals surface area contributed by atoms with Crippen LogP contribution in [0.15, 0.2) is 97.1 Å². The first-order chi connectivity index (χ1) is 17.4. The quantitative estimate of drug-likeness (QED) is 0.176. The zero-order valence-electron chi connectivity index (χ0n) is 26.6. The van der Waals surface area contributed by atoms with Crippen molar-refractivity contribution in [1.82, 2.24) is 0 Å².